The SMILES string of the molecule is O=C(CCCCCC(=O)Nc1ccc(S[C@@H]2O[C@H](CO)[C@@H](O[C@@H]3O[C@H](CO)[C@@H](O)[C@H](O)[C@H]3O)[C@H](O)[C@H]2O)cc1)Nc1ccc(S[C@@H]2O[C@H](CO)[C@@H](O[C@@H]3O[C@H](CO)[C@@H](O)[C@H](O)[C@H]3O)[C@H](O)[C@H]2O)cc1. The normalized spacial score (nSPS) is 38.3. The Bertz CT molecular complexity index is 1770. The highest BCUT2D eigenvalue weighted by Crippen LogP contribution is 2.38. The summed E-state index contributed by atoms with van der Waals surface area (Å²) in [5.41, 5.74) is -1.20. The van der Waals surface area contributed by atoms with Crippen molar-refractivity contribution in [1.29, 1.82) is 0 Å². The molecule has 4 saturated heterocycles. The molecule has 0 bridgehead atoms. The average Bonchev–Trinajstić information content (AvgIpc) is 3.34. The van der Waals surface area contributed by atoms with E-state index >= 15 is 0 Å². The fourth-order valence-corrected chi connectivity index (χ4v) is 10.1. The van der Waals surface area contributed by atoms with Crippen LogP contribution in [-0.4, -0.2) is 231 Å². The first kappa shape index (κ1) is 55.6. The van der Waals surface area contributed by atoms with Crippen LogP contribution in [0.3, 0.4) is 0 Å². The molecule has 2 aromatic rings. The van der Waals surface area contributed by atoms with Gasteiger partial charge in [-0.15, -0.1) is 0 Å². The number of carbonyl (C=O) groups excluding carboxylic acids is 2. The largest absolute Gasteiger partial charge is 0.394 e. The Hall–Kier alpha value is -2.72. The van der Waals surface area contributed by atoms with Crippen LogP contribution in [0, 0.1) is 0 Å². The van der Waals surface area contributed by atoms with E-state index in [1.54, 1.807) is 48.5 Å². The van der Waals surface area contributed by atoms with Gasteiger partial charge in [0.2, 0.25) is 11.8 Å². The van der Waals surface area contributed by atoms with E-state index < -0.39 is 148 Å². The maximum absolute atomic E-state index is 12.7. The van der Waals surface area contributed by atoms with Crippen LogP contribution < -0.4 is 10.6 Å². The molecule has 2 amide bonds. The summed E-state index contributed by atoms with van der Waals surface area (Å²) in [6.07, 6.45) is -25.9. The number of carbonyl (C=O) groups is 2. The van der Waals surface area contributed by atoms with Gasteiger partial charge in [0.15, 0.2) is 12.6 Å². The number of aliphatic hydroxyl groups is 14. The minimum Gasteiger partial charge on any atom is -0.394 e. The summed E-state index contributed by atoms with van der Waals surface area (Å²) in [4.78, 5) is 26.5. The second-order valence-electron chi connectivity index (χ2n) is 17.0. The Labute approximate surface area is 403 Å². The van der Waals surface area contributed by atoms with Gasteiger partial charge in [0, 0.05) is 34.0 Å². The molecule has 24 nitrogen and oxygen atoms in total. The Balaban J connectivity index is 0.872. The van der Waals surface area contributed by atoms with Crippen LogP contribution in [0.25, 0.3) is 0 Å². The van der Waals surface area contributed by atoms with E-state index in [1.807, 2.05) is 0 Å². The van der Waals surface area contributed by atoms with Gasteiger partial charge in [0.25, 0.3) is 0 Å². The third-order valence-corrected chi connectivity index (χ3v) is 14.3. The van der Waals surface area contributed by atoms with Crippen LogP contribution in [0.5, 0.6) is 0 Å². The zero-order valence-corrected chi connectivity index (χ0v) is 38.5. The molecule has 4 aliphatic rings. The van der Waals surface area contributed by atoms with E-state index in [0.717, 1.165) is 23.5 Å². The second-order valence-corrected chi connectivity index (χ2v) is 19.3. The van der Waals surface area contributed by atoms with Gasteiger partial charge >= 0.3 is 0 Å². The summed E-state index contributed by atoms with van der Waals surface area (Å²) in [5.74, 6) is -0.506. The highest BCUT2D eigenvalue weighted by molar-refractivity contribution is 8.00. The maximum Gasteiger partial charge on any atom is 0.224 e. The standard InChI is InChI=1S/C43H62N2O22S2/c46-14-22-28(52)30(54)34(58)40(62-22)66-38-24(16-48)64-42(36(60)32(38)56)68-20-10-6-18(7-11-20)44-26(50)4-2-1-3-5-27(51)45-19-8-12-21(13-9-19)69-43-37(61)33(57)39(25(17-49)65-43)67-41-35(59)31(55)29(53)23(15-47)63-41/h6-13,22-25,28-43,46-49,52-61H,1-5,14-17H2,(H,44,50)(H,45,51)/t22-,23-,24-,25-,28-,29-,30+,31+,32-,33-,34-,35-,36-,37-,38-,39-,40+,41+,42+,43+/m1/s1. The van der Waals surface area contributed by atoms with E-state index in [-0.39, 0.29) is 24.7 Å². The van der Waals surface area contributed by atoms with Crippen LogP contribution in [0.2, 0.25) is 0 Å². The Morgan fingerprint density at radius 1 is 0.435 bits per heavy atom. The minimum atomic E-state index is -1.78. The Morgan fingerprint density at radius 3 is 1.12 bits per heavy atom. The number of anilines is 2. The molecule has 0 aromatic heterocycles. The van der Waals surface area contributed by atoms with Crippen LogP contribution in [0.15, 0.2) is 58.3 Å². The van der Waals surface area contributed by atoms with Gasteiger partial charge in [0.1, 0.15) is 109 Å². The highest BCUT2D eigenvalue weighted by atomic mass is 32.2. The first-order chi connectivity index (χ1) is 33.0. The van der Waals surface area contributed by atoms with Gasteiger partial charge in [-0.05, 0) is 61.4 Å². The van der Waals surface area contributed by atoms with Gasteiger partial charge < -0.3 is 111 Å². The fourth-order valence-electron chi connectivity index (χ4n) is 8.00. The number of benzene rings is 2. The summed E-state index contributed by atoms with van der Waals surface area (Å²) < 4.78 is 33.5. The number of amides is 2. The number of ether oxygens (including phenoxy) is 6. The zero-order valence-electron chi connectivity index (χ0n) is 36.9. The summed E-state index contributed by atoms with van der Waals surface area (Å²) in [6.45, 7) is -2.77. The molecule has 0 radical (unpaired) electrons. The topological polar surface area (TPSA) is 397 Å². The molecule has 0 aliphatic carbocycles. The molecule has 26 heteroatoms. The monoisotopic (exact) mass is 1020 g/mol. The van der Waals surface area contributed by atoms with E-state index in [1.165, 1.54) is 0 Å². The van der Waals surface area contributed by atoms with Crippen molar-refractivity contribution in [3.05, 3.63) is 48.5 Å². The molecule has 4 heterocycles. The summed E-state index contributed by atoms with van der Waals surface area (Å²) in [5, 5.41) is 149. The molecular weight excluding hydrogens is 961 g/mol. The molecule has 4 fully saturated rings. The number of aliphatic hydroxyl groups excluding tert-OH is 14. The van der Waals surface area contributed by atoms with Crippen molar-refractivity contribution in [2.24, 2.45) is 0 Å². The van der Waals surface area contributed by atoms with Gasteiger partial charge in [-0.1, -0.05) is 29.9 Å². The first-order valence-corrected chi connectivity index (χ1v) is 24.0. The lowest BCUT2D eigenvalue weighted by atomic mass is 9.97. The number of nitrogens with one attached hydrogen (secondary N) is 2. The van der Waals surface area contributed by atoms with Crippen LogP contribution >= 0.6 is 23.5 Å². The lowest BCUT2D eigenvalue weighted by molar-refractivity contribution is -0.338. The van der Waals surface area contributed by atoms with E-state index in [0.29, 0.717) is 40.4 Å². The lowest BCUT2D eigenvalue weighted by Gasteiger charge is -2.46. The smallest absolute Gasteiger partial charge is 0.224 e. The molecule has 0 saturated carbocycles. The molecule has 4 aliphatic heterocycles. The van der Waals surface area contributed by atoms with Gasteiger partial charge in [-0.2, -0.15) is 0 Å². The van der Waals surface area contributed by atoms with Crippen molar-refractivity contribution in [2.45, 2.75) is 163 Å². The van der Waals surface area contributed by atoms with E-state index in [2.05, 4.69) is 10.6 Å². The van der Waals surface area contributed by atoms with Gasteiger partial charge in [-0.3, -0.25) is 9.59 Å². The number of unbranched alkanes of at least 4 members (excludes halogenated alkanes) is 2. The number of thioether (sulfide) groups is 2. The molecule has 2 aromatic carbocycles. The highest BCUT2D eigenvalue weighted by Gasteiger charge is 2.52. The molecule has 0 spiro atoms. The minimum absolute atomic E-state index is 0.188. The summed E-state index contributed by atoms with van der Waals surface area (Å²) >= 11 is 2.05. The first-order valence-electron chi connectivity index (χ1n) is 22.3. The number of hydrogen-bond acceptors (Lipinski definition) is 24. The quantitative estimate of drug-likeness (QED) is 0.0557. The average molecular weight is 1020 g/mol. The molecule has 388 valence electrons. The Kier molecular flexibility index (Phi) is 20.8. The van der Waals surface area contributed by atoms with Crippen LogP contribution in [0.4, 0.5) is 11.4 Å². The van der Waals surface area contributed by atoms with Crippen LogP contribution in [-0.2, 0) is 38.0 Å². The van der Waals surface area contributed by atoms with Crippen molar-refractivity contribution in [3.63, 3.8) is 0 Å². The summed E-state index contributed by atoms with van der Waals surface area (Å²) in [6, 6.07) is 13.1. The van der Waals surface area contributed by atoms with Crippen LogP contribution in [0.1, 0.15) is 32.1 Å². The van der Waals surface area contributed by atoms with Gasteiger partial charge in [0.05, 0.1) is 26.4 Å². The molecule has 0 unspecified atom stereocenters. The van der Waals surface area contributed by atoms with Crippen molar-refractivity contribution in [2.75, 3.05) is 37.1 Å². The number of hydrogen-bond donors (Lipinski definition) is 16. The maximum atomic E-state index is 12.7. The third-order valence-electron chi connectivity index (χ3n) is 12.0. The second kappa shape index (κ2) is 25.8. The van der Waals surface area contributed by atoms with E-state index in [9.17, 15) is 81.1 Å². The van der Waals surface area contributed by atoms with Crippen molar-refractivity contribution in [1.82, 2.24) is 0 Å². The molecule has 16 N–H and O–H groups in total. The fraction of sp³-hybridized carbons (Fsp3) is 0.674. The van der Waals surface area contributed by atoms with E-state index in [4.69, 9.17) is 28.4 Å². The Morgan fingerprint density at radius 2 is 0.783 bits per heavy atom. The number of rotatable bonds is 20. The molecule has 6 rings (SSSR count). The molecule has 69 heavy (non-hydrogen) atoms. The molecule has 20 atom stereocenters. The van der Waals surface area contributed by atoms with Crippen molar-refractivity contribution < 1.29 is 110 Å². The van der Waals surface area contributed by atoms with Crippen molar-refractivity contribution in [3.8, 4) is 0 Å². The van der Waals surface area contributed by atoms with Crippen molar-refractivity contribution >= 4 is 46.7 Å². The third kappa shape index (κ3) is 13.9. The predicted molar refractivity (Wildman–Crippen MR) is 238 cm³/mol. The van der Waals surface area contributed by atoms with Gasteiger partial charge in [-0.25, -0.2) is 0 Å². The zero-order chi connectivity index (χ0) is 50.1. The predicted octanol–water partition coefficient (Wildman–Crippen LogP) is -4.35. The molecular formula is C43H62N2O22S2. The summed E-state index contributed by atoms with van der Waals surface area (Å²) in [7, 11) is 0. The lowest BCUT2D eigenvalue weighted by Crippen LogP contribution is -2.64.